The molecule has 2 aliphatic heterocycles. The van der Waals surface area contributed by atoms with Gasteiger partial charge in [-0.3, -0.25) is 9.89 Å². The molecule has 0 unspecified atom stereocenters. The summed E-state index contributed by atoms with van der Waals surface area (Å²) in [6.07, 6.45) is 11.2. The van der Waals surface area contributed by atoms with Crippen LogP contribution in [0.4, 0.5) is 0 Å². The first-order chi connectivity index (χ1) is 12.8. The maximum atomic E-state index is 12.6. The highest BCUT2D eigenvalue weighted by Crippen LogP contribution is 2.33. The van der Waals surface area contributed by atoms with Gasteiger partial charge in [-0.2, -0.15) is 5.10 Å². The molecule has 2 aliphatic carbocycles. The Balaban J connectivity index is 1.23. The second kappa shape index (κ2) is 6.27. The van der Waals surface area contributed by atoms with Crippen LogP contribution >= 0.6 is 0 Å². The van der Waals surface area contributed by atoms with E-state index in [2.05, 4.69) is 49.5 Å². The number of carbonyl (C=O) groups is 1. The molecule has 0 bridgehead atoms. The van der Waals surface area contributed by atoms with Crippen molar-refractivity contribution in [1.82, 2.24) is 25.1 Å². The van der Waals surface area contributed by atoms with Crippen LogP contribution < -0.4 is 5.32 Å². The first-order valence-corrected chi connectivity index (χ1v) is 9.58. The van der Waals surface area contributed by atoms with Crippen LogP contribution in [0.1, 0.15) is 59.9 Å². The number of pyridine rings is 1. The quantitative estimate of drug-likeness (QED) is 0.763. The summed E-state index contributed by atoms with van der Waals surface area (Å²) in [5, 5.41) is 10.5. The number of fused-ring (bicyclic) bond motifs is 2. The van der Waals surface area contributed by atoms with Gasteiger partial charge in [0.25, 0.3) is 5.91 Å². The Morgan fingerprint density at radius 3 is 2.96 bits per heavy atom. The molecule has 1 aromatic heterocycles. The van der Waals surface area contributed by atoms with E-state index in [0.717, 1.165) is 62.0 Å². The normalized spacial score (nSPS) is 22.5. The van der Waals surface area contributed by atoms with E-state index in [1.807, 2.05) is 6.20 Å². The van der Waals surface area contributed by atoms with Gasteiger partial charge in [-0.25, -0.2) is 4.98 Å². The summed E-state index contributed by atoms with van der Waals surface area (Å²) in [5.74, 6) is 1.05. The smallest absolute Gasteiger partial charge is 0.272 e. The minimum absolute atomic E-state index is 0.0136. The minimum Gasteiger partial charge on any atom is -0.348 e. The summed E-state index contributed by atoms with van der Waals surface area (Å²) < 4.78 is 2.30. The SMILES string of the molecule is O=C(NC1CCC(n2cccc3ccnc2-3)CC1)c1n[nH]c2c1CCC2. The number of aromatic amines is 1. The molecule has 6 nitrogen and oxygen atoms in total. The lowest BCUT2D eigenvalue weighted by molar-refractivity contribution is 0.0916. The van der Waals surface area contributed by atoms with E-state index >= 15 is 0 Å². The third kappa shape index (κ3) is 2.60. The third-order valence-electron chi connectivity index (χ3n) is 5.92. The van der Waals surface area contributed by atoms with E-state index in [1.54, 1.807) is 0 Å². The topological polar surface area (TPSA) is 75.6 Å². The molecule has 26 heavy (non-hydrogen) atoms. The molecular formula is C20H23N5O. The number of H-pyrrole nitrogens is 1. The highest BCUT2D eigenvalue weighted by molar-refractivity contribution is 5.94. The molecule has 1 amide bonds. The predicted molar refractivity (Wildman–Crippen MR) is 98.2 cm³/mol. The van der Waals surface area contributed by atoms with Gasteiger partial charge in [0.2, 0.25) is 0 Å². The maximum absolute atomic E-state index is 12.6. The molecule has 0 spiro atoms. The summed E-state index contributed by atoms with van der Waals surface area (Å²) >= 11 is 0. The fourth-order valence-electron chi connectivity index (χ4n) is 4.55. The van der Waals surface area contributed by atoms with Gasteiger partial charge in [0.1, 0.15) is 5.82 Å². The molecule has 3 heterocycles. The van der Waals surface area contributed by atoms with E-state index < -0.39 is 0 Å². The molecule has 6 heteroatoms. The Hall–Kier alpha value is -2.63. The molecular weight excluding hydrogens is 326 g/mol. The van der Waals surface area contributed by atoms with Crippen LogP contribution in [0, 0.1) is 0 Å². The van der Waals surface area contributed by atoms with Crippen molar-refractivity contribution in [3.05, 3.63) is 47.5 Å². The van der Waals surface area contributed by atoms with Gasteiger partial charge >= 0.3 is 0 Å². The molecule has 5 rings (SSSR count). The van der Waals surface area contributed by atoms with Crippen molar-refractivity contribution in [2.24, 2.45) is 0 Å². The fraction of sp³-hybridized carbons (Fsp3) is 0.450. The monoisotopic (exact) mass is 349 g/mol. The zero-order valence-corrected chi connectivity index (χ0v) is 14.7. The fourth-order valence-corrected chi connectivity index (χ4v) is 4.55. The lowest BCUT2D eigenvalue weighted by atomic mass is 9.90. The van der Waals surface area contributed by atoms with Crippen LogP contribution in [0.2, 0.25) is 0 Å². The van der Waals surface area contributed by atoms with E-state index in [0.29, 0.717) is 11.7 Å². The van der Waals surface area contributed by atoms with Gasteiger partial charge in [-0.15, -0.1) is 0 Å². The van der Waals surface area contributed by atoms with Crippen molar-refractivity contribution < 1.29 is 4.79 Å². The Labute approximate surface area is 152 Å². The number of nitrogens with zero attached hydrogens (tertiary/aromatic N) is 3. The van der Waals surface area contributed by atoms with E-state index in [4.69, 9.17) is 0 Å². The zero-order valence-electron chi connectivity index (χ0n) is 14.7. The Morgan fingerprint density at radius 1 is 1.19 bits per heavy atom. The van der Waals surface area contributed by atoms with Crippen LogP contribution in [0.25, 0.3) is 11.4 Å². The number of nitrogens with one attached hydrogen (secondary N) is 2. The summed E-state index contributed by atoms with van der Waals surface area (Å²) in [7, 11) is 0. The predicted octanol–water partition coefficient (Wildman–Crippen LogP) is 3.11. The first-order valence-electron chi connectivity index (χ1n) is 9.58. The summed E-state index contributed by atoms with van der Waals surface area (Å²) in [4.78, 5) is 17.1. The van der Waals surface area contributed by atoms with Crippen LogP contribution in [-0.4, -0.2) is 31.7 Å². The van der Waals surface area contributed by atoms with Gasteiger partial charge in [0, 0.05) is 41.3 Å². The first kappa shape index (κ1) is 15.6. The number of rotatable bonds is 3. The van der Waals surface area contributed by atoms with Gasteiger partial charge in [-0.05, 0) is 63.1 Å². The number of carbonyl (C=O) groups excluding carboxylic acids is 1. The Kier molecular flexibility index (Phi) is 3.76. The van der Waals surface area contributed by atoms with Crippen molar-refractivity contribution in [2.75, 3.05) is 0 Å². The molecule has 1 saturated carbocycles. The lowest BCUT2D eigenvalue weighted by Gasteiger charge is -2.31. The molecule has 0 aromatic carbocycles. The lowest BCUT2D eigenvalue weighted by Crippen LogP contribution is -2.38. The molecule has 0 atom stereocenters. The molecule has 2 N–H and O–H groups in total. The zero-order chi connectivity index (χ0) is 17.5. The van der Waals surface area contributed by atoms with Crippen molar-refractivity contribution >= 4 is 5.91 Å². The number of aryl methyl sites for hydroxylation is 1. The highest BCUT2D eigenvalue weighted by atomic mass is 16.2. The molecule has 4 aliphatic rings. The summed E-state index contributed by atoms with van der Waals surface area (Å²) in [5.41, 5.74) is 4.07. The van der Waals surface area contributed by atoms with Crippen molar-refractivity contribution in [3.8, 4) is 11.4 Å². The average Bonchev–Trinajstić information content (AvgIpc) is 3.38. The van der Waals surface area contributed by atoms with E-state index in [9.17, 15) is 4.79 Å². The minimum atomic E-state index is -0.0136. The molecule has 1 aromatic rings. The van der Waals surface area contributed by atoms with Crippen molar-refractivity contribution in [3.63, 3.8) is 0 Å². The van der Waals surface area contributed by atoms with Crippen LogP contribution in [0.15, 0.2) is 30.6 Å². The second-order valence-corrected chi connectivity index (χ2v) is 7.50. The van der Waals surface area contributed by atoms with Gasteiger partial charge in [0.15, 0.2) is 5.69 Å². The summed E-state index contributed by atoms with van der Waals surface area (Å²) in [6.45, 7) is 0. The van der Waals surface area contributed by atoms with E-state index in [-0.39, 0.29) is 11.9 Å². The standard InChI is InChI=1S/C20H23N5O/c26-20(18-16-4-1-5-17(16)23-24-18)22-14-6-8-15(9-7-14)25-12-2-3-13-10-11-21-19(13)25/h2-3,10-12,14-15H,1,4-9H2,(H,22,26)(H,23,24). The number of aromatic nitrogens is 4. The van der Waals surface area contributed by atoms with Crippen LogP contribution in [0.5, 0.6) is 0 Å². The molecule has 1 fully saturated rings. The molecule has 0 saturated heterocycles. The highest BCUT2D eigenvalue weighted by Gasteiger charge is 2.28. The van der Waals surface area contributed by atoms with Crippen LogP contribution in [-0.2, 0) is 12.8 Å². The maximum Gasteiger partial charge on any atom is 0.272 e. The Bertz CT molecular complexity index is 903. The average molecular weight is 349 g/mol. The number of amides is 1. The number of hydrogen-bond acceptors (Lipinski definition) is 3. The molecule has 0 radical (unpaired) electrons. The summed E-state index contributed by atoms with van der Waals surface area (Å²) in [6, 6.07) is 6.94. The number of hydrogen-bond donors (Lipinski definition) is 2. The van der Waals surface area contributed by atoms with Crippen molar-refractivity contribution in [1.29, 1.82) is 0 Å². The van der Waals surface area contributed by atoms with E-state index in [1.165, 1.54) is 5.56 Å². The molecule has 134 valence electrons. The Morgan fingerprint density at radius 2 is 2.08 bits per heavy atom. The second-order valence-electron chi connectivity index (χ2n) is 7.50. The van der Waals surface area contributed by atoms with Crippen LogP contribution in [0.3, 0.4) is 0 Å². The third-order valence-corrected chi connectivity index (χ3v) is 5.92. The van der Waals surface area contributed by atoms with Gasteiger partial charge in [0.05, 0.1) is 0 Å². The van der Waals surface area contributed by atoms with Gasteiger partial charge < -0.3 is 9.88 Å². The largest absolute Gasteiger partial charge is 0.348 e. The van der Waals surface area contributed by atoms with Gasteiger partial charge in [-0.1, -0.05) is 0 Å². The van der Waals surface area contributed by atoms with Crippen molar-refractivity contribution in [2.45, 2.75) is 57.0 Å².